The highest BCUT2D eigenvalue weighted by Gasteiger charge is 2.37. The van der Waals surface area contributed by atoms with Crippen LogP contribution in [0.1, 0.15) is 19.8 Å². The lowest BCUT2D eigenvalue weighted by molar-refractivity contribution is -0.139. The molecule has 0 radical (unpaired) electrons. The van der Waals surface area contributed by atoms with E-state index in [1.807, 2.05) is 91.0 Å². The minimum Gasteiger partial charge on any atom is -0.481 e. The Hall–Kier alpha value is -3.43. The first kappa shape index (κ1) is 23.2. The van der Waals surface area contributed by atoms with Gasteiger partial charge in [0.2, 0.25) is 0 Å². The first-order chi connectivity index (χ1) is 15.5. The molecule has 0 spiro atoms. The Labute approximate surface area is 187 Å². The smallest absolute Gasteiger partial charge is 0.342 e. The standard InChI is InChI=1S/C26H25O5P/c1-2-31-26(30)25(23(27)18-19-24(28)29)32(20-12-6-3-7-13-20,21-14-8-4-9-15-21)22-16-10-5-11-17-22/h3-17H,2,18-19H2,1H3,(H,28,29). The summed E-state index contributed by atoms with van der Waals surface area (Å²) in [6.45, 7) is -1.18. The van der Waals surface area contributed by atoms with Gasteiger partial charge in [-0.1, -0.05) is 91.0 Å². The molecule has 0 unspecified atom stereocenters. The highest BCUT2D eigenvalue weighted by molar-refractivity contribution is 7.97. The molecule has 3 aromatic carbocycles. The zero-order valence-corrected chi connectivity index (χ0v) is 18.7. The van der Waals surface area contributed by atoms with E-state index in [-0.39, 0.29) is 24.7 Å². The topological polar surface area (TPSA) is 80.7 Å². The van der Waals surface area contributed by atoms with Crippen LogP contribution < -0.4 is 15.9 Å². The number of carbonyl (C=O) groups excluding carboxylic acids is 2. The van der Waals surface area contributed by atoms with Gasteiger partial charge < -0.3 is 9.84 Å². The van der Waals surface area contributed by atoms with Gasteiger partial charge in [-0.25, -0.2) is 4.79 Å². The average Bonchev–Trinajstić information content (AvgIpc) is 2.82. The summed E-state index contributed by atoms with van der Waals surface area (Å²) in [4.78, 5) is 38.2. The van der Waals surface area contributed by atoms with Gasteiger partial charge in [-0.05, 0) is 29.7 Å². The van der Waals surface area contributed by atoms with Crippen molar-refractivity contribution in [3.05, 3.63) is 91.0 Å². The number of Topliss-reactive ketones (excluding diaryl/α,β-unsaturated/α-hetero) is 1. The molecule has 0 heterocycles. The maximum absolute atomic E-state index is 13.6. The molecular weight excluding hydrogens is 423 g/mol. The summed E-state index contributed by atoms with van der Waals surface area (Å²) in [6, 6.07) is 28.4. The maximum atomic E-state index is 13.6. The van der Waals surface area contributed by atoms with Gasteiger partial charge in [0.1, 0.15) is 5.29 Å². The van der Waals surface area contributed by atoms with Gasteiger partial charge in [0.15, 0.2) is 5.78 Å². The lowest BCUT2D eigenvalue weighted by Crippen LogP contribution is -2.38. The lowest BCUT2D eigenvalue weighted by Gasteiger charge is -2.31. The molecule has 0 bridgehead atoms. The number of carboxylic acid groups (broad SMARTS) is 1. The zero-order chi connectivity index (χ0) is 23.0. The number of esters is 1. The fourth-order valence-electron chi connectivity index (χ4n) is 3.77. The van der Waals surface area contributed by atoms with Gasteiger partial charge in [-0.2, -0.15) is 0 Å². The van der Waals surface area contributed by atoms with Crippen molar-refractivity contribution in [3.63, 3.8) is 0 Å². The largest absolute Gasteiger partial charge is 0.481 e. The van der Waals surface area contributed by atoms with Crippen LogP contribution in [0.3, 0.4) is 0 Å². The van der Waals surface area contributed by atoms with Crippen LogP contribution in [0, 0.1) is 0 Å². The third kappa shape index (κ3) is 4.74. The highest BCUT2D eigenvalue weighted by atomic mass is 31.2. The molecule has 0 aliphatic rings. The van der Waals surface area contributed by atoms with Crippen molar-refractivity contribution in [3.8, 4) is 0 Å². The number of ether oxygens (including phenoxy) is 1. The minimum absolute atomic E-state index is 0.0178. The molecule has 0 fully saturated rings. The third-order valence-electron chi connectivity index (χ3n) is 5.06. The summed E-state index contributed by atoms with van der Waals surface area (Å²) in [5.41, 5.74) is 0. The summed E-state index contributed by atoms with van der Waals surface area (Å²) in [7, 11) is 0. The van der Waals surface area contributed by atoms with Gasteiger partial charge in [-0.15, -0.1) is 0 Å². The zero-order valence-electron chi connectivity index (χ0n) is 17.8. The van der Waals surface area contributed by atoms with Crippen LogP contribution in [-0.4, -0.2) is 34.7 Å². The molecule has 3 aromatic rings. The Bertz CT molecular complexity index is 1040. The number of rotatable bonds is 9. The lowest BCUT2D eigenvalue weighted by atomic mass is 10.1. The van der Waals surface area contributed by atoms with Crippen LogP contribution in [0.2, 0.25) is 0 Å². The van der Waals surface area contributed by atoms with Crippen LogP contribution in [0.15, 0.2) is 91.0 Å². The molecule has 0 aliphatic heterocycles. The third-order valence-corrected chi connectivity index (χ3v) is 9.39. The Balaban J connectivity index is 2.54. The molecule has 3 rings (SSSR count). The molecule has 0 atom stereocenters. The summed E-state index contributed by atoms with van der Waals surface area (Å²) in [6.07, 6.45) is -0.641. The van der Waals surface area contributed by atoms with E-state index in [0.29, 0.717) is 0 Å². The van der Waals surface area contributed by atoms with Crippen molar-refractivity contribution in [1.82, 2.24) is 0 Å². The van der Waals surface area contributed by atoms with Gasteiger partial charge in [0.25, 0.3) is 0 Å². The number of hydrogen-bond donors (Lipinski definition) is 1. The van der Waals surface area contributed by atoms with E-state index in [1.54, 1.807) is 6.92 Å². The molecule has 32 heavy (non-hydrogen) atoms. The number of carboxylic acids is 1. The summed E-state index contributed by atoms with van der Waals surface area (Å²) in [5.74, 6) is -2.30. The Morgan fingerprint density at radius 2 is 1.12 bits per heavy atom. The second-order valence-electron chi connectivity index (χ2n) is 7.06. The number of aliphatic carboxylic acids is 1. The van der Waals surface area contributed by atoms with E-state index < -0.39 is 24.6 Å². The maximum Gasteiger partial charge on any atom is 0.342 e. The number of hydrogen-bond acceptors (Lipinski definition) is 4. The number of carbonyl (C=O) groups is 3. The van der Waals surface area contributed by atoms with E-state index in [2.05, 4.69) is 0 Å². The normalized spacial score (nSPS) is 10.9. The molecule has 1 N–H and O–H groups in total. The fraction of sp³-hybridized carbons (Fsp3) is 0.154. The molecular formula is C26H25O5P. The Morgan fingerprint density at radius 3 is 1.47 bits per heavy atom. The van der Waals surface area contributed by atoms with Gasteiger partial charge in [-0.3, -0.25) is 9.59 Å². The predicted octanol–water partition coefficient (Wildman–Crippen LogP) is 3.15. The Morgan fingerprint density at radius 1 is 0.719 bits per heavy atom. The van der Waals surface area contributed by atoms with Crippen molar-refractivity contribution in [2.75, 3.05) is 6.61 Å². The van der Waals surface area contributed by atoms with Gasteiger partial charge in [0.05, 0.1) is 13.0 Å². The number of ketones is 1. The average molecular weight is 448 g/mol. The van der Waals surface area contributed by atoms with E-state index in [1.165, 1.54) is 0 Å². The van der Waals surface area contributed by atoms with Crippen molar-refractivity contribution >= 4 is 45.8 Å². The van der Waals surface area contributed by atoms with Crippen LogP contribution in [0.4, 0.5) is 0 Å². The number of benzene rings is 3. The van der Waals surface area contributed by atoms with Crippen LogP contribution in [0.25, 0.3) is 0 Å². The summed E-state index contributed by atoms with van der Waals surface area (Å²) < 4.78 is 5.39. The molecule has 0 saturated heterocycles. The van der Waals surface area contributed by atoms with Gasteiger partial charge >= 0.3 is 11.9 Å². The van der Waals surface area contributed by atoms with E-state index in [0.717, 1.165) is 15.9 Å². The molecule has 0 aliphatic carbocycles. The van der Waals surface area contributed by atoms with Gasteiger partial charge in [0, 0.05) is 6.42 Å². The van der Waals surface area contributed by atoms with Crippen molar-refractivity contribution in [2.45, 2.75) is 19.8 Å². The first-order valence-corrected chi connectivity index (χ1v) is 12.2. The molecule has 6 heteroatoms. The fourth-order valence-corrected chi connectivity index (χ4v) is 8.12. The molecule has 0 aromatic heterocycles. The Kier molecular flexibility index (Phi) is 7.80. The molecule has 5 nitrogen and oxygen atoms in total. The van der Waals surface area contributed by atoms with Crippen molar-refractivity contribution in [1.29, 1.82) is 0 Å². The monoisotopic (exact) mass is 448 g/mol. The second kappa shape index (κ2) is 10.7. The van der Waals surface area contributed by atoms with E-state index >= 15 is 0 Å². The highest BCUT2D eigenvalue weighted by Crippen LogP contribution is 2.46. The molecule has 0 amide bonds. The summed E-state index contributed by atoms with van der Waals surface area (Å²) >= 11 is 0. The van der Waals surface area contributed by atoms with Crippen molar-refractivity contribution < 1.29 is 24.2 Å². The second-order valence-corrected chi connectivity index (χ2v) is 10.4. The van der Waals surface area contributed by atoms with Crippen molar-refractivity contribution in [2.24, 2.45) is 0 Å². The molecule has 164 valence electrons. The van der Waals surface area contributed by atoms with Crippen LogP contribution >= 0.6 is 6.89 Å². The summed E-state index contributed by atoms with van der Waals surface area (Å²) in [5, 5.41) is 11.7. The van der Waals surface area contributed by atoms with E-state index in [9.17, 15) is 19.5 Å². The SMILES string of the molecule is CCOC(=O)C(C(=O)CCC(=O)O)=P(c1ccccc1)(c1ccccc1)c1ccccc1. The first-order valence-electron chi connectivity index (χ1n) is 10.4. The van der Waals surface area contributed by atoms with Crippen LogP contribution in [0.5, 0.6) is 0 Å². The quantitative estimate of drug-likeness (QED) is 0.309. The minimum atomic E-state index is -2.97. The predicted molar refractivity (Wildman–Crippen MR) is 129 cm³/mol. The van der Waals surface area contributed by atoms with Crippen LogP contribution in [-0.2, 0) is 19.1 Å². The molecule has 0 saturated carbocycles. The van der Waals surface area contributed by atoms with E-state index in [4.69, 9.17) is 4.74 Å².